The van der Waals surface area contributed by atoms with Crippen molar-refractivity contribution < 1.29 is 28.6 Å². The van der Waals surface area contributed by atoms with Gasteiger partial charge in [-0.25, -0.2) is 4.39 Å². The zero-order chi connectivity index (χ0) is 26.7. The molecule has 0 radical (unpaired) electrons. The lowest BCUT2D eigenvalue weighted by atomic mass is 9.38. The lowest BCUT2D eigenvalue weighted by molar-refractivity contribution is -0.175. The van der Waals surface area contributed by atoms with Gasteiger partial charge in [0.05, 0.1) is 11.6 Å². The number of rotatable bonds is 10. The van der Waals surface area contributed by atoms with Gasteiger partial charge in [0.15, 0.2) is 18.5 Å². The minimum absolute atomic E-state index is 0.00785. The lowest BCUT2D eigenvalue weighted by Gasteiger charge is -2.70. The number of hydrogen-bond acceptors (Lipinski definition) is 6. The van der Waals surface area contributed by atoms with Crippen LogP contribution in [0.1, 0.15) is 56.6 Å². The van der Waals surface area contributed by atoms with Crippen molar-refractivity contribution in [1.82, 2.24) is 10.6 Å². The van der Waals surface area contributed by atoms with Gasteiger partial charge in [0.25, 0.3) is 5.91 Å². The number of hydrogen-bond donors (Lipinski definition) is 3. The maximum atomic E-state index is 13.6. The molecule has 2 atom stereocenters. The van der Waals surface area contributed by atoms with Gasteiger partial charge in [-0.05, 0) is 67.9 Å². The van der Waals surface area contributed by atoms with Crippen molar-refractivity contribution in [3.8, 4) is 11.5 Å². The Kier molecular flexibility index (Phi) is 6.37. The van der Waals surface area contributed by atoms with Crippen LogP contribution in [-0.2, 0) is 9.59 Å². The van der Waals surface area contributed by atoms with E-state index in [1.807, 2.05) is 6.07 Å². The minimum Gasteiger partial charge on any atom is -0.484 e. The molecule has 10 heteroatoms. The molecule has 0 spiro atoms. The van der Waals surface area contributed by atoms with Crippen molar-refractivity contribution >= 4 is 34.9 Å². The van der Waals surface area contributed by atoms with Crippen LogP contribution in [0.25, 0.3) is 0 Å². The summed E-state index contributed by atoms with van der Waals surface area (Å²) < 4.78 is 25.1. The van der Waals surface area contributed by atoms with E-state index in [9.17, 15) is 19.1 Å². The number of amides is 1. The second kappa shape index (κ2) is 9.37. The summed E-state index contributed by atoms with van der Waals surface area (Å²) >= 11 is 11.9. The molecule has 0 saturated heterocycles. The summed E-state index contributed by atoms with van der Waals surface area (Å²) in [4.78, 5) is 25.8. The van der Waals surface area contributed by atoms with E-state index in [4.69, 9.17) is 32.7 Å². The summed E-state index contributed by atoms with van der Waals surface area (Å²) in [5, 5.41) is 17.0. The van der Waals surface area contributed by atoms with E-state index in [2.05, 4.69) is 10.6 Å². The van der Waals surface area contributed by atoms with Gasteiger partial charge in [-0.15, -0.1) is 0 Å². The van der Waals surface area contributed by atoms with Crippen LogP contribution in [0.4, 0.5) is 4.39 Å². The first-order valence-electron chi connectivity index (χ1n) is 12.9. The Morgan fingerprint density at radius 1 is 1.13 bits per heavy atom. The molecule has 4 aliphatic carbocycles. The molecule has 1 aliphatic heterocycles. The van der Waals surface area contributed by atoms with Gasteiger partial charge in [0, 0.05) is 46.6 Å². The Balaban J connectivity index is 1.02. The van der Waals surface area contributed by atoms with E-state index in [0.29, 0.717) is 23.6 Å². The number of ether oxygens (including phenoxy) is 2. The summed E-state index contributed by atoms with van der Waals surface area (Å²) in [6.07, 6.45) is 4.31. The molecule has 2 unspecified atom stereocenters. The topological polar surface area (TPSA) is 96.9 Å². The number of halogens is 3. The Labute approximate surface area is 230 Å². The van der Waals surface area contributed by atoms with Crippen molar-refractivity contribution in [3.63, 3.8) is 0 Å². The number of aliphatic hydroxyl groups is 1. The van der Waals surface area contributed by atoms with Gasteiger partial charge < -0.3 is 25.2 Å². The smallest absolute Gasteiger partial charge is 0.258 e. The van der Waals surface area contributed by atoms with E-state index in [0.717, 1.165) is 43.7 Å². The highest BCUT2D eigenvalue weighted by Crippen LogP contribution is 2.69. The molecule has 5 aliphatic rings. The van der Waals surface area contributed by atoms with Gasteiger partial charge in [-0.2, -0.15) is 0 Å². The Morgan fingerprint density at radius 2 is 1.89 bits per heavy atom. The molecule has 0 aromatic heterocycles. The normalized spacial score (nSPS) is 29.7. The maximum Gasteiger partial charge on any atom is 0.258 e. The fourth-order valence-corrected chi connectivity index (χ4v) is 6.79. The first kappa shape index (κ1) is 25.9. The average molecular weight is 563 g/mol. The van der Waals surface area contributed by atoms with Crippen LogP contribution in [0.2, 0.25) is 10.0 Å². The molecule has 2 aromatic rings. The third kappa shape index (κ3) is 4.88. The number of carbonyl (C=O) groups is 2. The molecule has 4 fully saturated rings. The van der Waals surface area contributed by atoms with Crippen LogP contribution in [0.15, 0.2) is 36.4 Å². The monoisotopic (exact) mass is 562 g/mol. The number of nitrogens with one attached hydrogen (secondary N) is 2. The number of carbonyl (C=O) groups excluding carboxylic acids is 2. The summed E-state index contributed by atoms with van der Waals surface area (Å²) in [5.41, 5.74) is 0.211. The molecule has 3 N–H and O–H groups in total. The first-order chi connectivity index (χ1) is 18.1. The van der Waals surface area contributed by atoms with Crippen LogP contribution < -0.4 is 20.1 Å². The van der Waals surface area contributed by atoms with Crippen LogP contribution in [0.3, 0.4) is 0 Å². The second-order valence-corrected chi connectivity index (χ2v) is 12.4. The predicted octanol–water partition coefficient (Wildman–Crippen LogP) is 4.52. The third-order valence-corrected chi connectivity index (χ3v) is 8.96. The van der Waals surface area contributed by atoms with Crippen molar-refractivity contribution in [2.24, 2.45) is 5.41 Å². The quantitative estimate of drug-likeness (QED) is 0.394. The Hall–Kier alpha value is -2.39. The van der Waals surface area contributed by atoms with E-state index >= 15 is 0 Å². The molecule has 2 aromatic carbocycles. The fourth-order valence-electron chi connectivity index (χ4n) is 6.49. The molecular weight excluding hydrogens is 534 g/mol. The Bertz CT molecular complexity index is 1280. The van der Waals surface area contributed by atoms with E-state index in [1.165, 1.54) is 12.1 Å². The number of aliphatic hydroxyl groups excluding tert-OH is 1. The molecule has 2 bridgehead atoms. The number of benzene rings is 2. The molecule has 1 heterocycles. The van der Waals surface area contributed by atoms with Gasteiger partial charge in [0.2, 0.25) is 0 Å². The van der Waals surface area contributed by atoms with Gasteiger partial charge in [-0.3, -0.25) is 9.59 Å². The van der Waals surface area contributed by atoms with E-state index in [-0.39, 0.29) is 58.2 Å². The van der Waals surface area contributed by atoms with Crippen LogP contribution in [0, 0.1) is 11.2 Å². The minimum atomic E-state index is -0.604. The highest BCUT2D eigenvalue weighted by atomic mass is 35.5. The summed E-state index contributed by atoms with van der Waals surface area (Å²) in [5.74, 6) is 0.0496. The van der Waals surface area contributed by atoms with Crippen molar-refractivity contribution in [2.75, 3.05) is 13.2 Å². The summed E-state index contributed by atoms with van der Waals surface area (Å²) in [6.45, 7) is -0.171. The highest BCUT2D eigenvalue weighted by Gasteiger charge is 2.68. The summed E-state index contributed by atoms with van der Waals surface area (Å²) in [6, 6.07) is 9.32. The first-order valence-corrected chi connectivity index (χ1v) is 13.6. The largest absolute Gasteiger partial charge is 0.484 e. The standard InChI is InChI=1S/C28H29Cl2FN2O5/c29-16-1-4-23-18(7-16)21(32-27(15-34)5-6-27)9-24(38-23)22(35)10-26-12-28(13-26,14-26)33-25(36)11-37-17-2-3-19(30)20(31)8-17/h1-4,7-8,21,24,32,34H,5-6,9-15H2,(H,33,36). The molecular formula is C28H29Cl2FN2O5. The second-order valence-electron chi connectivity index (χ2n) is 11.5. The van der Waals surface area contributed by atoms with Crippen molar-refractivity contribution in [3.05, 3.63) is 57.8 Å². The zero-order valence-corrected chi connectivity index (χ0v) is 22.2. The average Bonchev–Trinajstić information content (AvgIpc) is 3.62. The molecule has 38 heavy (non-hydrogen) atoms. The van der Waals surface area contributed by atoms with Gasteiger partial charge in [0.1, 0.15) is 17.3 Å². The Morgan fingerprint density at radius 3 is 2.58 bits per heavy atom. The molecule has 4 saturated carbocycles. The molecule has 7 nitrogen and oxygen atoms in total. The summed E-state index contributed by atoms with van der Waals surface area (Å²) in [7, 11) is 0. The zero-order valence-electron chi connectivity index (χ0n) is 20.7. The van der Waals surface area contributed by atoms with Crippen molar-refractivity contribution in [1.29, 1.82) is 0 Å². The fraction of sp³-hybridized carbons (Fsp3) is 0.500. The molecule has 7 rings (SSSR count). The van der Waals surface area contributed by atoms with Gasteiger partial charge >= 0.3 is 0 Å². The van der Waals surface area contributed by atoms with Crippen LogP contribution >= 0.6 is 23.2 Å². The van der Waals surface area contributed by atoms with Crippen LogP contribution in [-0.4, -0.2) is 47.2 Å². The van der Waals surface area contributed by atoms with Gasteiger partial charge in [-0.1, -0.05) is 23.2 Å². The number of fused-ring (bicyclic) bond motifs is 1. The highest BCUT2D eigenvalue weighted by molar-refractivity contribution is 6.31. The predicted molar refractivity (Wildman–Crippen MR) is 139 cm³/mol. The van der Waals surface area contributed by atoms with E-state index < -0.39 is 11.9 Å². The lowest BCUT2D eigenvalue weighted by Crippen LogP contribution is -2.75. The van der Waals surface area contributed by atoms with E-state index in [1.54, 1.807) is 12.1 Å². The number of Topliss-reactive ketones (excluding diaryl/α,β-unsaturated/α-hetero) is 1. The maximum absolute atomic E-state index is 13.6. The molecule has 1 amide bonds. The van der Waals surface area contributed by atoms with Crippen molar-refractivity contribution in [2.45, 2.75) is 68.2 Å². The van der Waals surface area contributed by atoms with Crippen LogP contribution in [0.5, 0.6) is 11.5 Å². The number of ketones is 1. The SMILES string of the molecule is O=C(COc1ccc(Cl)c(F)c1)NC12CC(CC(=O)C3CC(NC4(CO)CC4)c4cc(Cl)ccc4O3)(C1)C2. The molecule has 202 valence electrons. The third-order valence-electron chi connectivity index (χ3n) is 8.42.